The Morgan fingerprint density at radius 1 is 1.11 bits per heavy atom. The minimum Gasteiger partial charge on any atom is -0.393 e. The Morgan fingerprint density at radius 2 is 1.74 bits per heavy atom. The van der Waals surface area contributed by atoms with E-state index in [0.717, 1.165) is 32.1 Å². The van der Waals surface area contributed by atoms with Crippen LogP contribution in [0.4, 0.5) is 0 Å². The van der Waals surface area contributed by atoms with Gasteiger partial charge in [-0.3, -0.25) is 4.79 Å². The summed E-state index contributed by atoms with van der Waals surface area (Å²) in [6.07, 6.45) is 5.45. The van der Waals surface area contributed by atoms with E-state index in [4.69, 9.17) is 0 Å². The first-order valence-corrected chi connectivity index (χ1v) is 10.6. The molecule has 1 amide bonds. The van der Waals surface area contributed by atoms with Crippen LogP contribution < -0.4 is 0 Å². The van der Waals surface area contributed by atoms with Gasteiger partial charge in [0.15, 0.2) is 0 Å². The van der Waals surface area contributed by atoms with Crippen LogP contribution in [0.5, 0.6) is 0 Å². The second-order valence-electron chi connectivity index (χ2n) is 9.88. The number of hydrogen-bond donors (Lipinski definition) is 2. The lowest BCUT2D eigenvalue weighted by Crippen LogP contribution is -2.61. The van der Waals surface area contributed by atoms with Crippen LogP contribution in [0.15, 0.2) is 24.3 Å². The largest absolute Gasteiger partial charge is 0.393 e. The maximum absolute atomic E-state index is 13.1. The van der Waals surface area contributed by atoms with Crippen molar-refractivity contribution in [2.24, 2.45) is 29.1 Å². The number of β-amino-alcohol motifs (C(OH)–C–C–N with tert-alkyl or cyclic N) is 1. The zero-order valence-electron chi connectivity index (χ0n) is 16.2. The third-order valence-electron chi connectivity index (χ3n) is 8.25. The van der Waals surface area contributed by atoms with Crippen LogP contribution in [0.25, 0.3) is 0 Å². The van der Waals surface area contributed by atoms with E-state index in [1.165, 1.54) is 11.1 Å². The minimum atomic E-state index is -0.338. The molecule has 0 radical (unpaired) electrons. The van der Waals surface area contributed by atoms with Crippen LogP contribution in [-0.4, -0.2) is 46.3 Å². The maximum atomic E-state index is 13.1. The molecule has 5 aliphatic rings. The van der Waals surface area contributed by atoms with Crippen molar-refractivity contribution in [3.63, 3.8) is 0 Å². The van der Waals surface area contributed by atoms with E-state index in [2.05, 4.69) is 31.2 Å². The summed E-state index contributed by atoms with van der Waals surface area (Å²) in [6.45, 7) is 3.13. The molecule has 1 aliphatic heterocycles. The third kappa shape index (κ3) is 2.84. The number of benzene rings is 1. The second-order valence-corrected chi connectivity index (χ2v) is 9.88. The zero-order valence-corrected chi connectivity index (χ0v) is 16.2. The molecule has 27 heavy (non-hydrogen) atoms. The highest BCUT2D eigenvalue weighted by molar-refractivity contribution is 5.78. The monoisotopic (exact) mass is 369 g/mol. The molecule has 1 heterocycles. The standard InChI is InChI=1S/C23H31NO3/c1-14-3-2-4-15(5-14)10-23(11-21(26)24-12-20(25)13-24)18-6-16-7-19(23)9-17(8-18)22(16)27/h2-5,16-20,22,25,27H,6-13H2,1H3. The molecule has 0 unspecified atom stereocenters. The molecule has 0 aromatic heterocycles. The van der Waals surface area contributed by atoms with Crippen molar-refractivity contribution in [3.8, 4) is 0 Å². The molecule has 4 aliphatic carbocycles. The van der Waals surface area contributed by atoms with Gasteiger partial charge >= 0.3 is 0 Å². The van der Waals surface area contributed by atoms with Crippen LogP contribution in [0.2, 0.25) is 0 Å². The summed E-state index contributed by atoms with van der Waals surface area (Å²) >= 11 is 0. The Hall–Kier alpha value is -1.39. The Morgan fingerprint density at radius 3 is 2.30 bits per heavy atom. The van der Waals surface area contributed by atoms with E-state index in [9.17, 15) is 15.0 Å². The van der Waals surface area contributed by atoms with E-state index in [1.807, 2.05) is 4.90 Å². The van der Waals surface area contributed by atoms with Crippen molar-refractivity contribution in [2.75, 3.05) is 13.1 Å². The highest BCUT2D eigenvalue weighted by Crippen LogP contribution is 2.64. The number of aryl methyl sites for hydroxylation is 1. The predicted molar refractivity (Wildman–Crippen MR) is 103 cm³/mol. The topological polar surface area (TPSA) is 60.8 Å². The lowest BCUT2D eigenvalue weighted by atomic mass is 9.42. The first-order valence-electron chi connectivity index (χ1n) is 10.6. The fraction of sp³-hybridized carbons (Fsp3) is 0.696. The van der Waals surface area contributed by atoms with Crippen LogP contribution >= 0.6 is 0 Å². The highest BCUT2D eigenvalue weighted by atomic mass is 16.3. The highest BCUT2D eigenvalue weighted by Gasteiger charge is 2.60. The molecule has 146 valence electrons. The summed E-state index contributed by atoms with van der Waals surface area (Å²) in [6, 6.07) is 8.76. The molecule has 1 aromatic rings. The van der Waals surface area contributed by atoms with Gasteiger partial charge in [0.25, 0.3) is 0 Å². The molecule has 4 bridgehead atoms. The van der Waals surface area contributed by atoms with E-state index in [-0.39, 0.29) is 23.5 Å². The molecule has 0 atom stereocenters. The number of amides is 1. The van der Waals surface area contributed by atoms with Crippen LogP contribution in [0.1, 0.15) is 43.2 Å². The second kappa shape index (κ2) is 6.31. The Labute approximate surface area is 161 Å². The van der Waals surface area contributed by atoms with Gasteiger partial charge in [-0.25, -0.2) is 0 Å². The SMILES string of the molecule is Cc1cccc(CC2(CC(=O)N3CC(O)C3)C3CC4CC2CC(C3)C4O)c1. The van der Waals surface area contributed by atoms with Crippen molar-refractivity contribution in [2.45, 2.75) is 57.7 Å². The first kappa shape index (κ1) is 17.7. The van der Waals surface area contributed by atoms with Gasteiger partial charge < -0.3 is 15.1 Å². The van der Waals surface area contributed by atoms with Crippen LogP contribution in [0.3, 0.4) is 0 Å². The van der Waals surface area contributed by atoms with E-state index >= 15 is 0 Å². The minimum absolute atomic E-state index is 0.0263. The van der Waals surface area contributed by atoms with Crippen molar-refractivity contribution in [3.05, 3.63) is 35.4 Å². The summed E-state index contributed by atoms with van der Waals surface area (Å²) < 4.78 is 0. The molecule has 1 saturated heterocycles. The van der Waals surface area contributed by atoms with Gasteiger partial charge in [-0.15, -0.1) is 0 Å². The normalized spacial score (nSPS) is 40.3. The van der Waals surface area contributed by atoms with E-state index < -0.39 is 0 Å². The summed E-state index contributed by atoms with van der Waals surface area (Å²) in [4.78, 5) is 14.9. The summed E-state index contributed by atoms with van der Waals surface area (Å²) in [7, 11) is 0. The molecule has 6 rings (SSSR count). The molecule has 5 fully saturated rings. The number of hydrogen-bond acceptors (Lipinski definition) is 3. The third-order valence-corrected chi connectivity index (χ3v) is 8.25. The number of carbonyl (C=O) groups is 1. The molecular formula is C23H31NO3. The number of rotatable bonds is 4. The van der Waals surface area contributed by atoms with Crippen molar-refractivity contribution >= 4 is 5.91 Å². The Bertz CT molecular complexity index is 709. The fourth-order valence-corrected chi connectivity index (χ4v) is 6.96. The number of aliphatic hydroxyl groups is 2. The fourth-order valence-electron chi connectivity index (χ4n) is 6.96. The van der Waals surface area contributed by atoms with Crippen molar-refractivity contribution in [1.82, 2.24) is 4.90 Å². The lowest BCUT2D eigenvalue weighted by molar-refractivity contribution is -0.179. The Kier molecular flexibility index (Phi) is 4.14. The van der Waals surface area contributed by atoms with Crippen LogP contribution in [-0.2, 0) is 11.2 Å². The average Bonchev–Trinajstić information content (AvgIpc) is 2.57. The summed E-state index contributed by atoms with van der Waals surface area (Å²) in [5.74, 6) is 2.19. The quantitative estimate of drug-likeness (QED) is 0.857. The number of carbonyl (C=O) groups excluding carboxylic acids is 1. The van der Waals surface area contributed by atoms with Gasteiger partial charge in [0.1, 0.15) is 0 Å². The van der Waals surface area contributed by atoms with Gasteiger partial charge in [0.2, 0.25) is 5.91 Å². The number of aliphatic hydroxyl groups excluding tert-OH is 2. The summed E-state index contributed by atoms with van der Waals surface area (Å²) in [5.41, 5.74) is 2.65. The lowest BCUT2D eigenvalue weighted by Gasteiger charge is -2.63. The molecule has 4 heteroatoms. The number of likely N-dealkylation sites (tertiary alicyclic amines) is 1. The first-order chi connectivity index (χ1) is 12.9. The van der Waals surface area contributed by atoms with Gasteiger partial charge in [-0.1, -0.05) is 29.8 Å². The molecular weight excluding hydrogens is 338 g/mol. The van der Waals surface area contributed by atoms with Gasteiger partial charge in [-0.05, 0) is 73.7 Å². The van der Waals surface area contributed by atoms with Crippen molar-refractivity contribution in [1.29, 1.82) is 0 Å². The van der Waals surface area contributed by atoms with Gasteiger partial charge in [-0.2, -0.15) is 0 Å². The zero-order chi connectivity index (χ0) is 18.8. The predicted octanol–water partition coefficient (Wildman–Crippen LogP) is 2.54. The maximum Gasteiger partial charge on any atom is 0.223 e. The van der Waals surface area contributed by atoms with Gasteiger partial charge in [0.05, 0.1) is 12.2 Å². The molecule has 0 spiro atoms. The van der Waals surface area contributed by atoms with Crippen molar-refractivity contribution < 1.29 is 15.0 Å². The molecule has 4 nitrogen and oxygen atoms in total. The van der Waals surface area contributed by atoms with Crippen LogP contribution in [0, 0.1) is 36.0 Å². The molecule has 4 saturated carbocycles. The van der Waals surface area contributed by atoms with Gasteiger partial charge in [0, 0.05) is 19.5 Å². The smallest absolute Gasteiger partial charge is 0.223 e. The summed E-state index contributed by atoms with van der Waals surface area (Å²) in [5, 5.41) is 20.2. The van der Waals surface area contributed by atoms with E-state index in [0.29, 0.717) is 43.2 Å². The Balaban J connectivity index is 1.46. The average molecular weight is 370 g/mol. The molecule has 2 N–H and O–H groups in total. The molecule has 1 aromatic carbocycles. The number of nitrogens with zero attached hydrogens (tertiary/aromatic N) is 1. The van der Waals surface area contributed by atoms with E-state index in [1.54, 1.807) is 0 Å².